The highest BCUT2D eigenvalue weighted by atomic mass is 32.1. The van der Waals surface area contributed by atoms with Gasteiger partial charge in [-0.3, -0.25) is 14.4 Å². The van der Waals surface area contributed by atoms with Gasteiger partial charge >= 0.3 is 5.97 Å². The quantitative estimate of drug-likeness (QED) is 0.0994. The first-order chi connectivity index (χ1) is 13.6. The van der Waals surface area contributed by atoms with Crippen LogP contribution in [-0.4, -0.2) is 82.2 Å². The zero-order chi connectivity index (χ0) is 22.6. The maximum atomic E-state index is 12.4. The number of carbonyl (C=O) groups excluding carboxylic acids is 3. The average Bonchev–Trinajstić information content (AvgIpc) is 2.67. The van der Waals surface area contributed by atoms with Gasteiger partial charge in [0.1, 0.15) is 24.2 Å². The summed E-state index contributed by atoms with van der Waals surface area (Å²) in [6.07, 6.45) is 0.201. The molecule has 0 spiro atoms. The van der Waals surface area contributed by atoms with Gasteiger partial charge in [0, 0.05) is 11.5 Å². The van der Waals surface area contributed by atoms with Crippen LogP contribution in [0, 0.1) is 0 Å². The van der Waals surface area contributed by atoms with E-state index in [9.17, 15) is 29.4 Å². The van der Waals surface area contributed by atoms with E-state index in [0.717, 1.165) is 0 Å². The summed E-state index contributed by atoms with van der Waals surface area (Å²) in [5, 5.41) is 25.7. The van der Waals surface area contributed by atoms with Gasteiger partial charge < -0.3 is 37.6 Å². The van der Waals surface area contributed by atoms with Crippen molar-refractivity contribution in [2.75, 3.05) is 18.1 Å². The third-order valence-electron chi connectivity index (χ3n) is 4.02. The van der Waals surface area contributed by atoms with Crippen LogP contribution in [0.5, 0.6) is 0 Å². The lowest BCUT2D eigenvalue weighted by Crippen LogP contribution is -2.59. The Morgan fingerprint density at radius 3 is 1.72 bits per heavy atom. The molecular formula is C16H31N5O6S2. The molecule has 9 N–H and O–H groups in total. The van der Waals surface area contributed by atoms with E-state index in [0.29, 0.717) is 19.4 Å². The molecule has 0 aromatic rings. The monoisotopic (exact) mass is 453 g/mol. The van der Waals surface area contributed by atoms with Crippen molar-refractivity contribution >= 4 is 48.9 Å². The molecule has 168 valence electrons. The fourth-order valence-electron chi connectivity index (χ4n) is 2.17. The Morgan fingerprint density at radius 2 is 1.34 bits per heavy atom. The van der Waals surface area contributed by atoms with Crippen molar-refractivity contribution in [1.29, 1.82) is 0 Å². The Hall–Kier alpha value is -1.54. The molecule has 0 aliphatic heterocycles. The normalized spacial score (nSPS) is 16.1. The molecule has 0 aromatic heterocycles. The van der Waals surface area contributed by atoms with Crippen molar-refractivity contribution in [3.05, 3.63) is 0 Å². The molecular weight excluding hydrogens is 422 g/mol. The van der Waals surface area contributed by atoms with E-state index in [1.165, 1.54) is 6.92 Å². The van der Waals surface area contributed by atoms with Gasteiger partial charge in [0.05, 0.1) is 6.10 Å². The summed E-state index contributed by atoms with van der Waals surface area (Å²) in [7, 11) is 0. The number of amides is 3. The molecule has 11 nitrogen and oxygen atoms in total. The molecule has 0 saturated carbocycles. The van der Waals surface area contributed by atoms with Crippen molar-refractivity contribution in [2.45, 2.75) is 56.5 Å². The van der Waals surface area contributed by atoms with Gasteiger partial charge in [0.15, 0.2) is 0 Å². The van der Waals surface area contributed by atoms with Gasteiger partial charge in [0.2, 0.25) is 17.7 Å². The fraction of sp³-hybridized carbons (Fsp3) is 0.750. The van der Waals surface area contributed by atoms with Crippen LogP contribution in [0.15, 0.2) is 0 Å². The maximum absolute atomic E-state index is 12.4. The van der Waals surface area contributed by atoms with E-state index in [1.807, 2.05) is 0 Å². The second-order valence-electron chi connectivity index (χ2n) is 6.44. The van der Waals surface area contributed by atoms with Crippen LogP contribution in [0.25, 0.3) is 0 Å². The number of aliphatic carboxylic acids is 1. The van der Waals surface area contributed by atoms with E-state index >= 15 is 0 Å². The Kier molecular flexibility index (Phi) is 13.7. The minimum absolute atomic E-state index is 0.0954. The zero-order valence-electron chi connectivity index (χ0n) is 16.2. The lowest BCUT2D eigenvalue weighted by Gasteiger charge is -2.24. The number of carbonyl (C=O) groups is 4. The van der Waals surface area contributed by atoms with Gasteiger partial charge in [-0.05, 0) is 32.7 Å². The van der Waals surface area contributed by atoms with Gasteiger partial charge in [-0.15, -0.1) is 0 Å². The lowest BCUT2D eigenvalue weighted by atomic mass is 10.1. The molecule has 13 heteroatoms. The summed E-state index contributed by atoms with van der Waals surface area (Å²) in [4.78, 5) is 48.0. The molecule has 0 bridgehead atoms. The van der Waals surface area contributed by atoms with Crippen LogP contribution in [0.2, 0.25) is 0 Å². The maximum Gasteiger partial charge on any atom is 0.326 e. The Labute approximate surface area is 180 Å². The second kappa shape index (κ2) is 14.4. The molecule has 5 atom stereocenters. The predicted molar refractivity (Wildman–Crippen MR) is 114 cm³/mol. The number of carboxylic acids is 1. The van der Waals surface area contributed by atoms with Crippen LogP contribution in [0.4, 0.5) is 0 Å². The summed E-state index contributed by atoms with van der Waals surface area (Å²) in [6, 6.07) is -4.62. The number of hydrogen-bond acceptors (Lipinski definition) is 9. The number of aliphatic hydroxyl groups excluding tert-OH is 1. The van der Waals surface area contributed by atoms with E-state index < -0.39 is 54.0 Å². The summed E-state index contributed by atoms with van der Waals surface area (Å²) in [5.41, 5.74) is 10.9. The van der Waals surface area contributed by atoms with Crippen molar-refractivity contribution < 1.29 is 29.4 Å². The number of rotatable bonds is 14. The summed E-state index contributed by atoms with van der Waals surface area (Å²) < 4.78 is 0. The van der Waals surface area contributed by atoms with Gasteiger partial charge in [-0.2, -0.15) is 25.3 Å². The molecule has 29 heavy (non-hydrogen) atoms. The van der Waals surface area contributed by atoms with Gasteiger partial charge in [0.25, 0.3) is 0 Å². The fourth-order valence-corrected chi connectivity index (χ4v) is 2.68. The van der Waals surface area contributed by atoms with Crippen molar-refractivity contribution in [3.8, 4) is 0 Å². The Bertz CT molecular complexity index is 566. The molecule has 0 radical (unpaired) electrons. The smallest absolute Gasteiger partial charge is 0.326 e. The Balaban J connectivity index is 4.94. The molecule has 0 aliphatic carbocycles. The zero-order valence-corrected chi connectivity index (χ0v) is 18.0. The van der Waals surface area contributed by atoms with Crippen LogP contribution in [0.3, 0.4) is 0 Å². The average molecular weight is 454 g/mol. The first-order valence-electron chi connectivity index (χ1n) is 9.08. The Morgan fingerprint density at radius 1 is 0.897 bits per heavy atom. The summed E-state index contributed by atoms with van der Waals surface area (Å²) >= 11 is 8.01. The van der Waals surface area contributed by atoms with E-state index in [-0.39, 0.29) is 17.9 Å². The molecule has 0 aliphatic rings. The summed E-state index contributed by atoms with van der Waals surface area (Å²) in [5.74, 6) is -3.61. The standard InChI is InChI=1S/C16H31N5O6S2/c1-8(22)12(18)15(25)21-11(7-29)14(24)20-10(6-28)13(23)19-9(16(26)27)4-2-3-5-17/h8-12,22,28-29H,2-7,17-18H2,1H3,(H,19,23)(H,20,24)(H,21,25)(H,26,27). The summed E-state index contributed by atoms with van der Waals surface area (Å²) in [6.45, 7) is 1.73. The number of thiol groups is 2. The van der Waals surface area contributed by atoms with E-state index in [4.69, 9.17) is 11.5 Å². The number of unbranched alkanes of at least 4 members (excludes halogenated alkanes) is 1. The molecule has 0 rings (SSSR count). The highest BCUT2D eigenvalue weighted by molar-refractivity contribution is 7.80. The number of nitrogens with two attached hydrogens (primary N) is 2. The second-order valence-corrected chi connectivity index (χ2v) is 7.17. The number of hydrogen-bond donors (Lipinski definition) is 9. The number of carboxylic acid groups (broad SMARTS) is 1. The molecule has 0 fully saturated rings. The van der Waals surface area contributed by atoms with E-state index in [1.54, 1.807) is 0 Å². The van der Waals surface area contributed by atoms with E-state index in [2.05, 4.69) is 41.2 Å². The lowest BCUT2D eigenvalue weighted by molar-refractivity contribution is -0.142. The number of aliphatic hydroxyl groups is 1. The SMILES string of the molecule is CC(O)C(N)C(=O)NC(CS)C(=O)NC(CS)C(=O)NC(CCCCN)C(=O)O. The first-order valence-corrected chi connectivity index (χ1v) is 10.3. The highest BCUT2D eigenvalue weighted by Gasteiger charge is 2.29. The largest absolute Gasteiger partial charge is 0.480 e. The molecule has 5 unspecified atom stereocenters. The predicted octanol–water partition coefficient (Wildman–Crippen LogP) is -2.78. The molecule has 3 amide bonds. The van der Waals surface area contributed by atoms with Crippen molar-refractivity contribution in [3.63, 3.8) is 0 Å². The first kappa shape index (κ1) is 27.5. The van der Waals surface area contributed by atoms with Crippen molar-refractivity contribution in [2.24, 2.45) is 11.5 Å². The third-order valence-corrected chi connectivity index (χ3v) is 4.75. The van der Waals surface area contributed by atoms with Crippen LogP contribution < -0.4 is 27.4 Å². The molecule has 0 heterocycles. The number of nitrogens with one attached hydrogen (secondary N) is 3. The van der Waals surface area contributed by atoms with Crippen molar-refractivity contribution in [1.82, 2.24) is 16.0 Å². The van der Waals surface area contributed by atoms with Crippen LogP contribution >= 0.6 is 25.3 Å². The molecule has 0 saturated heterocycles. The molecule has 0 aromatic carbocycles. The topological polar surface area (TPSA) is 197 Å². The van der Waals surface area contributed by atoms with Gasteiger partial charge in [-0.1, -0.05) is 0 Å². The highest BCUT2D eigenvalue weighted by Crippen LogP contribution is 2.03. The third kappa shape index (κ3) is 10.2. The van der Waals surface area contributed by atoms with Crippen LogP contribution in [-0.2, 0) is 19.2 Å². The minimum atomic E-state index is -1.24. The minimum Gasteiger partial charge on any atom is -0.480 e. The van der Waals surface area contributed by atoms with Crippen LogP contribution in [0.1, 0.15) is 26.2 Å². The van der Waals surface area contributed by atoms with Gasteiger partial charge in [-0.25, -0.2) is 4.79 Å².